The van der Waals surface area contributed by atoms with Crippen LogP contribution >= 0.6 is 0 Å². The highest BCUT2D eigenvalue weighted by Gasteiger charge is 2.29. The Labute approximate surface area is 193 Å². The highest BCUT2D eigenvalue weighted by Crippen LogP contribution is 2.31. The molecule has 0 bridgehead atoms. The fourth-order valence-corrected chi connectivity index (χ4v) is 3.94. The Morgan fingerprint density at radius 3 is 2.36 bits per heavy atom. The van der Waals surface area contributed by atoms with Crippen LogP contribution in [0.3, 0.4) is 0 Å². The molecule has 3 aromatic rings. The summed E-state index contributed by atoms with van der Waals surface area (Å²) in [5.74, 6) is 0.871. The van der Waals surface area contributed by atoms with Gasteiger partial charge in [-0.1, -0.05) is 19.1 Å². The number of fused-ring (bicyclic) bond motifs is 1. The van der Waals surface area contributed by atoms with E-state index in [1.54, 1.807) is 24.3 Å². The lowest BCUT2D eigenvalue weighted by Gasteiger charge is -2.33. The van der Waals surface area contributed by atoms with Gasteiger partial charge in [0.1, 0.15) is 0 Å². The summed E-state index contributed by atoms with van der Waals surface area (Å²) in [5, 5.41) is 5.72. The second-order valence-corrected chi connectivity index (χ2v) is 8.22. The van der Waals surface area contributed by atoms with Gasteiger partial charge in [-0.05, 0) is 55.7 Å². The van der Waals surface area contributed by atoms with Gasteiger partial charge in [-0.25, -0.2) is 9.97 Å². The molecule has 2 aromatic carbocycles. The molecule has 8 heteroatoms. The van der Waals surface area contributed by atoms with Gasteiger partial charge in [0.05, 0.1) is 23.6 Å². The number of amides is 2. The Morgan fingerprint density at radius 1 is 1.03 bits per heavy atom. The molecule has 33 heavy (non-hydrogen) atoms. The number of anilines is 3. The van der Waals surface area contributed by atoms with Gasteiger partial charge >= 0.3 is 0 Å². The molecule has 0 saturated carbocycles. The molecule has 1 saturated heterocycles. The lowest BCUT2D eigenvalue weighted by molar-refractivity contribution is -0.120. The van der Waals surface area contributed by atoms with Gasteiger partial charge in [0.25, 0.3) is 5.88 Å². The fourth-order valence-electron chi connectivity index (χ4n) is 3.94. The van der Waals surface area contributed by atoms with E-state index in [0.29, 0.717) is 36.2 Å². The van der Waals surface area contributed by atoms with Crippen LogP contribution in [0, 0.1) is 5.92 Å². The van der Waals surface area contributed by atoms with Crippen LogP contribution < -0.4 is 20.3 Å². The maximum Gasteiger partial charge on any atom is 0.258 e. The molecule has 1 fully saturated rings. The van der Waals surface area contributed by atoms with Gasteiger partial charge in [0.2, 0.25) is 11.8 Å². The average Bonchev–Trinajstić information content (AvgIpc) is 2.83. The van der Waals surface area contributed by atoms with Crippen LogP contribution in [-0.2, 0) is 9.59 Å². The maximum atomic E-state index is 13.0. The van der Waals surface area contributed by atoms with Crippen LogP contribution in [0.25, 0.3) is 11.0 Å². The first-order valence-electron chi connectivity index (χ1n) is 11.4. The van der Waals surface area contributed by atoms with Crippen molar-refractivity contribution in [3.8, 4) is 5.88 Å². The molecular formula is C25H29N5O3. The van der Waals surface area contributed by atoms with E-state index >= 15 is 0 Å². The van der Waals surface area contributed by atoms with Crippen molar-refractivity contribution in [1.82, 2.24) is 9.97 Å². The molecule has 8 nitrogen and oxygen atoms in total. The first-order valence-corrected chi connectivity index (χ1v) is 11.4. The Kier molecular flexibility index (Phi) is 7.02. The summed E-state index contributed by atoms with van der Waals surface area (Å²) >= 11 is 0. The third-order valence-corrected chi connectivity index (χ3v) is 5.53. The summed E-state index contributed by atoms with van der Waals surface area (Å²) in [5.41, 5.74) is 2.99. The molecule has 172 valence electrons. The molecule has 0 aliphatic carbocycles. The summed E-state index contributed by atoms with van der Waals surface area (Å²) in [6, 6.07) is 14.9. The number of carbonyl (C=O) groups is 2. The smallest absolute Gasteiger partial charge is 0.258 e. The number of piperidine rings is 1. The minimum absolute atomic E-state index is 0.0308. The summed E-state index contributed by atoms with van der Waals surface area (Å²) in [6.45, 7) is 5.42. The van der Waals surface area contributed by atoms with E-state index in [1.807, 2.05) is 24.3 Å². The molecule has 1 aliphatic rings. The van der Waals surface area contributed by atoms with Crippen molar-refractivity contribution < 1.29 is 14.3 Å². The number of para-hydroxylation sites is 2. The number of hydrogen-bond acceptors (Lipinski definition) is 6. The number of nitrogens with one attached hydrogen (secondary N) is 2. The van der Waals surface area contributed by atoms with Gasteiger partial charge < -0.3 is 20.3 Å². The molecule has 1 aromatic heterocycles. The minimum atomic E-state index is -0.180. The van der Waals surface area contributed by atoms with Crippen LogP contribution in [0.4, 0.5) is 17.2 Å². The topological polar surface area (TPSA) is 96.5 Å². The highest BCUT2D eigenvalue weighted by molar-refractivity contribution is 5.94. The Morgan fingerprint density at radius 2 is 1.70 bits per heavy atom. The zero-order valence-electron chi connectivity index (χ0n) is 19.0. The minimum Gasteiger partial charge on any atom is -0.475 e. The number of rotatable bonds is 7. The van der Waals surface area contributed by atoms with Gasteiger partial charge in [0, 0.05) is 31.4 Å². The molecule has 0 spiro atoms. The summed E-state index contributed by atoms with van der Waals surface area (Å²) in [4.78, 5) is 35.8. The largest absolute Gasteiger partial charge is 0.475 e. The zero-order chi connectivity index (χ0) is 23.2. The van der Waals surface area contributed by atoms with Crippen LogP contribution in [0.15, 0.2) is 48.5 Å². The first-order chi connectivity index (χ1) is 16.0. The first kappa shape index (κ1) is 22.5. The number of hydrogen-bond donors (Lipinski definition) is 2. The number of aromatic nitrogens is 2. The summed E-state index contributed by atoms with van der Waals surface area (Å²) in [6.07, 6.45) is 2.56. The lowest BCUT2D eigenvalue weighted by Crippen LogP contribution is -2.41. The van der Waals surface area contributed by atoms with Crippen LogP contribution in [0.5, 0.6) is 5.88 Å². The van der Waals surface area contributed by atoms with Gasteiger partial charge in [0.15, 0.2) is 5.82 Å². The van der Waals surface area contributed by atoms with Gasteiger partial charge in [-0.15, -0.1) is 0 Å². The van der Waals surface area contributed by atoms with Gasteiger partial charge in [-0.2, -0.15) is 0 Å². The average molecular weight is 448 g/mol. The third kappa shape index (κ3) is 5.58. The molecule has 2 amide bonds. The van der Waals surface area contributed by atoms with E-state index in [2.05, 4.69) is 22.5 Å². The Bertz CT molecular complexity index is 1130. The predicted molar refractivity (Wildman–Crippen MR) is 130 cm³/mol. The van der Waals surface area contributed by atoms with Gasteiger partial charge in [-0.3, -0.25) is 9.59 Å². The molecule has 1 atom stereocenters. The van der Waals surface area contributed by atoms with E-state index in [4.69, 9.17) is 14.7 Å². The van der Waals surface area contributed by atoms with Crippen LogP contribution in [0.2, 0.25) is 0 Å². The van der Waals surface area contributed by atoms with Crippen molar-refractivity contribution in [2.75, 3.05) is 35.2 Å². The van der Waals surface area contributed by atoms with E-state index < -0.39 is 0 Å². The Hall–Kier alpha value is -3.68. The molecule has 0 radical (unpaired) electrons. The van der Waals surface area contributed by atoms with Crippen LogP contribution in [-0.4, -0.2) is 41.5 Å². The number of ether oxygens (including phenoxy) is 1. The molecular weight excluding hydrogens is 418 g/mol. The summed E-state index contributed by atoms with van der Waals surface area (Å²) < 4.78 is 5.93. The normalized spacial score (nSPS) is 15.8. The van der Waals surface area contributed by atoms with E-state index in [1.165, 1.54) is 6.92 Å². The maximum absolute atomic E-state index is 13.0. The predicted octanol–water partition coefficient (Wildman–Crippen LogP) is 4.23. The van der Waals surface area contributed by atoms with E-state index in [9.17, 15) is 9.59 Å². The van der Waals surface area contributed by atoms with E-state index in [-0.39, 0.29) is 17.7 Å². The standard InChI is InChI=1S/C25H29N5O3/c1-3-15-33-25-23(28-21-8-4-5-9-22(21)29-25)30-14-6-7-18(16-30)24(32)27-20-12-10-19(11-13-20)26-17(2)31/h4-5,8-13,18H,3,6-7,14-16H2,1-2H3,(H,26,31)(H,27,32)/t18-/m1/s1. The monoisotopic (exact) mass is 447 g/mol. The number of nitrogens with zero attached hydrogens (tertiary/aromatic N) is 3. The van der Waals surface area contributed by atoms with Crippen LogP contribution in [0.1, 0.15) is 33.1 Å². The second kappa shape index (κ2) is 10.3. The second-order valence-electron chi connectivity index (χ2n) is 8.22. The SMILES string of the molecule is CCCOc1nc2ccccc2nc1N1CCC[C@@H](C(=O)Nc2ccc(NC(C)=O)cc2)C1. The molecule has 2 N–H and O–H groups in total. The summed E-state index contributed by atoms with van der Waals surface area (Å²) in [7, 11) is 0. The highest BCUT2D eigenvalue weighted by atomic mass is 16.5. The fraction of sp³-hybridized carbons (Fsp3) is 0.360. The van der Waals surface area contributed by atoms with Crippen molar-refractivity contribution >= 4 is 40.0 Å². The van der Waals surface area contributed by atoms with Crippen molar-refractivity contribution in [2.45, 2.75) is 33.1 Å². The third-order valence-electron chi connectivity index (χ3n) is 5.53. The molecule has 0 unspecified atom stereocenters. The van der Waals surface area contributed by atoms with Crippen molar-refractivity contribution in [3.05, 3.63) is 48.5 Å². The van der Waals surface area contributed by atoms with E-state index in [0.717, 1.165) is 36.8 Å². The van der Waals surface area contributed by atoms with Crippen molar-refractivity contribution in [3.63, 3.8) is 0 Å². The number of benzene rings is 2. The quantitative estimate of drug-likeness (QED) is 0.563. The lowest BCUT2D eigenvalue weighted by atomic mass is 9.97. The molecule has 4 rings (SSSR count). The number of carbonyl (C=O) groups excluding carboxylic acids is 2. The van der Waals surface area contributed by atoms with Crippen molar-refractivity contribution in [2.24, 2.45) is 5.92 Å². The van der Waals surface area contributed by atoms with Crippen molar-refractivity contribution in [1.29, 1.82) is 0 Å². The Balaban J connectivity index is 1.49. The molecule has 2 heterocycles. The molecule has 1 aliphatic heterocycles. The zero-order valence-corrected chi connectivity index (χ0v) is 19.0.